The summed E-state index contributed by atoms with van der Waals surface area (Å²) in [7, 11) is 0. The van der Waals surface area contributed by atoms with Crippen LogP contribution in [0.2, 0.25) is 0 Å². The molecule has 1 aromatic heterocycles. The van der Waals surface area contributed by atoms with E-state index in [1.165, 1.54) is 11.3 Å². The molecule has 0 radical (unpaired) electrons. The van der Waals surface area contributed by atoms with Crippen LogP contribution in [0.3, 0.4) is 0 Å². The lowest BCUT2D eigenvalue weighted by molar-refractivity contribution is 0.205. The molecule has 0 aliphatic carbocycles. The molecule has 1 saturated heterocycles. The van der Waals surface area contributed by atoms with Crippen LogP contribution in [0.1, 0.15) is 12.8 Å². The van der Waals surface area contributed by atoms with Crippen LogP contribution >= 0.6 is 11.3 Å². The Kier molecular flexibility index (Phi) is 5.99. The van der Waals surface area contributed by atoms with E-state index in [2.05, 4.69) is 10.3 Å². The number of piperidine rings is 1. The number of nitrogens with one attached hydrogen (secondary N) is 1. The Hall–Kier alpha value is -2.70. The zero-order valence-electron chi connectivity index (χ0n) is 15.6. The molecule has 5 nitrogen and oxygen atoms in total. The van der Waals surface area contributed by atoms with Crippen molar-refractivity contribution in [1.29, 1.82) is 0 Å². The second-order valence-corrected chi connectivity index (χ2v) is 7.69. The highest BCUT2D eigenvalue weighted by molar-refractivity contribution is 7.11. The number of thiazole rings is 1. The summed E-state index contributed by atoms with van der Waals surface area (Å²) in [5.74, 6) is 0.463. The normalized spacial score (nSPS) is 14.6. The number of aromatic nitrogens is 1. The number of carbonyl (C=O) groups is 1. The Balaban J connectivity index is 1.50. The molecule has 1 amide bonds. The maximum atomic E-state index is 13.0. The topological polar surface area (TPSA) is 54.5 Å². The lowest BCUT2D eigenvalue weighted by Gasteiger charge is -2.29. The molecule has 0 bridgehead atoms. The predicted octanol–water partition coefficient (Wildman–Crippen LogP) is 4.82. The van der Waals surface area contributed by atoms with Crippen molar-refractivity contribution in [2.24, 2.45) is 5.92 Å². The minimum Gasteiger partial charge on any atom is -0.381 e. The molecule has 1 aliphatic rings. The quantitative estimate of drug-likeness (QED) is 0.675. The van der Waals surface area contributed by atoms with Gasteiger partial charge in [0, 0.05) is 23.2 Å². The summed E-state index contributed by atoms with van der Waals surface area (Å²) in [4.78, 5) is 19.2. The maximum absolute atomic E-state index is 13.0. The Labute approximate surface area is 169 Å². The number of hydrogen-bond acceptors (Lipinski definition) is 5. The minimum atomic E-state index is -0.376. The summed E-state index contributed by atoms with van der Waals surface area (Å²) in [6.45, 7) is 2.64. The van der Waals surface area contributed by atoms with Crippen LogP contribution in [0.25, 0.3) is 11.3 Å². The summed E-state index contributed by atoms with van der Waals surface area (Å²) in [6.07, 6.45) is 1.75. The summed E-state index contributed by atoms with van der Waals surface area (Å²) in [5, 5.41) is 5.66. The standard InChI is InChI=1S/C22H23N3O2S/c26-22(27-21-24-20(16-28-21)18-7-3-1-4-8-18)25(19-9-5-2-6-10-19)15-17-11-13-23-14-12-17/h1-10,16-17,23H,11-15H2. The van der Waals surface area contributed by atoms with Crippen LogP contribution in [-0.2, 0) is 0 Å². The Morgan fingerprint density at radius 3 is 2.46 bits per heavy atom. The van der Waals surface area contributed by atoms with Gasteiger partial charge in [-0.2, -0.15) is 0 Å². The van der Waals surface area contributed by atoms with Gasteiger partial charge in [-0.05, 0) is 44.0 Å². The molecule has 2 aromatic carbocycles. The molecular formula is C22H23N3O2S. The average molecular weight is 394 g/mol. The first-order chi connectivity index (χ1) is 13.8. The Morgan fingerprint density at radius 1 is 1.07 bits per heavy atom. The number of amides is 1. The first-order valence-electron chi connectivity index (χ1n) is 9.55. The van der Waals surface area contributed by atoms with Crippen LogP contribution in [0.15, 0.2) is 66.0 Å². The molecule has 0 atom stereocenters. The minimum absolute atomic E-state index is 0.370. The number of carbonyl (C=O) groups excluding carboxylic acids is 1. The molecule has 0 unspecified atom stereocenters. The number of anilines is 1. The molecule has 144 valence electrons. The Bertz CT molecular complexity index is 892. The smallest absolute Gasteiger partial charge is 0.381 e. The molecule has 3 aromatic rings. The largest absolute Gasteiger partial charge is 0.421 e. The number of benzene rings is 2. The Morgan fingerprint density at radius 2 is 1.75 bits per heavy atom. The van der Waals surface area contributed by atoms with E-state index in [4.69, 9.17) is 4.74 Å². The molecule has 28 heavy (non-hydrogen) atoms. The number of rotatable bonds is 5. The highest BCUT2D eigenvalue weighted by Crippen LogP contribution is 2.28. The van der Waals surface area contributed by atoms with Gasteiger partial charge in [-0.1, -0.05) is 59.9 Å². The van der Waals surface area contributed by atoms with Gasteiger partial charge in [0.05, 0.1) is 5.69 Å². The van der Waals surface area contributed by atoms with Crippen molar-refractivity contribution in [2.45, 2.75) is 12.8 Å². The van der Waals surface area contributed by atoms with E-state index < -0.39 is 0 Å². The molecule has 0 spiro atoms. The van der Waals surface area contributed by atoms with Gasteiger partial charge in [0.15, 0.2) is 0 Å². The fraction of sp³-hybridized carbons (Fsp3) is 0.273. The van der Waals surface area contributed by atoms with Gasteiger partial charge in [-0.25, -0.2) is 9.78 Å². The molecule has 1 fully saturated rings. The van der Waals surface area contributed by atoms with Gasteiger partial charge in [0.2, 0.25) is 0 Å². The summed E-state index contributed by atoms with van der Waals surface area (Å²) in [6, 6.07) is 19.6. The van der Waals surface area contributed by atoms with Gasteiger partial charge in [-0.15, -0.1) is 0 Å². The maximum Gasteiger partial charge on any atom is 0.421 e. The molecule has 0 saturated carbocycles. The second kappa shape index (κ2) is 8.99. The monoisotopic (exact) mass is 393 g/mol. The first kappa shape index (κ1) is 18.7. The molecule has 2 heterocycles. The van der Waals surface area contributed by atoms with Gasteiger partial charge in [0.25, 0.3) is 5.19 Å². The van der Waals surface area contributed by atoms with E-state index in [9.17, 15) is 4.79 Å². The zero-order chi connectivity index (χ0) is 19.2. The predicted molar refractivity (Wildman–Crippen MR) is 113 cm³/mol. The average Bonchev–Trinajstić information content (AvgIpc) is 3.22. The molecule has 4 rings (SSSR count). The fourth-order valence-electron chi connectivity index (χ4n) is 3.39. The van der Waals surface area contributed by atoms with E-state index >= 15 is 0 Å². The SMILES string of the molecule is O=C(Oc1nc(-c2ccccc2)cs1)N(CC1CCNCC1)c1ccccc1. The summed E-state index contributed by atoms with van der Waals surface area (Å²) < 4.78 is 5.65. The van der Waals surface area contributed by atoms with Crippen molar-refractivity contribution < 1.29 is 9.53 Å². The lowest BCUT2D eigenvalue weighted by Crippen LogP contribution is -2.40. The summed E-state index contributed by atoms with van der Waals surface area (Å²) in [5.41, 5.74) is 2.68. The molecule has 1 N–H and O–H groups in total. The number of ether oxygens (including phenoxy) is 1. The van der Waals surface area contributed by atoms with Crippen LogP contribution in [0.5, 0.6) is 5.19 Å². The lowest BCUT2D eigenvalue weighted by atomic mass is 9.97. The molecule has 6 heteroatoms. The molecule has 1 aliphatic heterocycles. The third-order valence-corrected chi connectivity index (χ3v) is 5.63. The summed E-state index contributed by atoms with van der Waals surface area (Å²) >= 11 is 1.34. The van der Waals surface area contributed by atoms with Gasteiger partial charge < -0.3 is 10.1 Å². The van der Waals surface area contributed by atoms with Crippen molar-refractivity contribution >= 4 is 23.1 Å². The second-order valence-electron chi connectivity index (χ2n) is 6.87. The number of para-hydroxylation sites is 1. The highest BCUT2D eigenvalue weighted by Gasteiger charge is 2.24. The van der Waals surface area contributed by atoms with Crippen LogP contribution in [-0.4, -0.2) is 30.7 Å². The third-order valence-electron chi connectivity index (χ3n) is 4.92. The van der Waals surface area contributed by atoms with Crippen molar-refractivity contribution in [1.82, 2.24) is 10.3 Å². The van der Waals surface area contributed by atoms with Crippen LogP contribution < -0.4 is 15.0 Å². The van der Waals surface area contributed by atoms with Crippen molar-refractivity contribution in [3.8, 4) is 16.5 Å². The van der Waals surface area contributed by atoms with Crippen molar-refractivity contribution in [3.05, 3.63) is 66.0 Å². The van der Waals surface area contributed by atoms with E-state index in [0.717, 1.165) is 42.9 Å². The van der Waals surface area contributed by atoms with E-state index in [1.807, 2.05) is 66.0 Å². The number of nitrogens with zero attached hydrogens (tertiary/aromatic N) is 2. The van der Waals surface area contributed by atoms with E-state index in [-0.39, 0.29) is 6.09 Å². The fourth-order valence-corrected chi connectivity index (χ4v) is 4.06. The third kappa shape index (κ3) is 4.58. The van der Waals surface area contributed by atoms with Gasteiger partial charge >= 0.3 is 6.09 Å². The number of hydrogen-bond donors (Lipinski definition) is 1. The van der Waals surface area contributed by atoms with E-state index in [1.54, 1.807) is 4.90 Å². The van der Waals surface area contributed by atoms with Crippen LogP contribution in [0.4, 0.5) is 10.5 Å². The van der Waals surface area contributed by atoms with E-state index in [0.29, 0.717) is 17.7 Å². The highest BCUT2D eigenvalue weighted by atomic mass is 32.1. The van der Waals surface area contributed by atoms with Crippen molar-refractivity contribution in [3.63, 3.8) is 0 Å². The van der Waals surface area contributed by atoms with Crippen LogP contribution in [0, 0.1) is 5.92 Å². The van der Waals surface area contributed by atoms with Gasteiger partial charge in [0.1, 0.15) is 0 Å². The van der Waals surface area contributed by atoms with Gasteiger partial charge in [-0.3, -0.25) is 4.90 Å². The molecular weight excluding hydrogens is 370 g/mol. The first-order valence-corrected chi connectivity index (χ1v) is 10.4. The zero-order valence-corrected chi connectivity index (χ0v) is 16.4. The van der Waals surface area contributed by atoms with Crippen molar-refractivity contribution in [2.75, 3.05) is 24.5 Å².